The van der Waals surface area contributed by atoms with Gasteiger partial charge in [-0.2, -0.15) is 0 Å². The SMILES string of the molecule is CN1CCC(CN2CCCC(F)(F)C2)CC1. The molecule has 0 unspecified atom stereocenters. The normalized spacial score (nSPS) is 29.4. The molecule has 2 fully saturated rings. The van der Waals surface area contributed by atoms with Crippen molar-refractivity contribution in [1.82, 2.24) is 9.80 Å². The Bertz CT molecular complexity index is 225. The first-order valence-electron chi connectivity index (χ1n) is 6.34. The highest BCUT2D eigenvalue weighted by atomic mass is 19.3. The fourth-order valence-electron chi connectivity index (χ4n) is 2.81. The molecule has 2 rings (SSSR count). The minimum Gasteiger partial charge on any atom is -0.306 e. The molecular weight excluding hydrogens is 210 g/mol. The van der Waals surface area contributed by atoms with E-state index in [4.69, 9.17) is 0 Å². The summed E-state index contributed by atoms with van der Waals surface area (Å²) < 4.78 is 26.4. The highest BCUT2D eigenvalue weighted by Crippen LogP contribution is 2.28. The summed E-state index contributed by atoms with van der Waals surface area (Å²) in [5, 5.41) is 0. The summed E-state index contributed by atoms with van der Waals surface area (Å²) in [7, 11) is 2.13. The maximum Gasteiger partial charge on any atom is 0.260 e. The monoisotopic (exact) mass is 232 g/mol. The smallest absolute Gasteiger partial charge is 0.260 e. The molecule has 0 saturated carbocycles. The second-order valence-corrected chi connectivity index (χ2v) is 5.44. The Balaban J connectivity index is 1.76. The van der Waals surface area contributed by atoms with Gasteiger partial charge in [-0.25, -0.2) is 8.78 Å². The van der Waals surface area contributed by atoms with Crippen molar-refractivity contribution in [3.8, 4) is 0 Å². The van der Waals surface area contributed by atoms with Crippen LogP contribution in [0, 0.1) is 5.92 Å². The fraction of sp³-hybridized carbons (Fsp3) is 1.00. The van der Waals surface area contributed by atoms with Crippen molar-refractivity contribution < 1.29 is 8.78 Å². The molecule has 0 aromatic heterocycles. The molecule has 0 aromatic rings. The summed E-state index contributed by atoms with van der Waals surface area (Å²) >= 11 is 0. The van der Waals surface area contributed by atoms with E-state index >= 15 is 0 Å². The number of halogens is 2. The Morgan fingerprint density at radius 3 is 2.50 bits per heavy atom. The zero-order chi connectivity index (χ0) is 11.6. The number of hydrogen-bond donors (Lipinski definition) is 0. The maximum absolute atomic E-state index is 13.2. The van der Waals surface area contributed by atoms with Gasteiger partial charge in [0.2, 0.25) is 0 Å². The van der Waals surface area contributed by atoms with Gasteiger partial charge in [-0.15, -0.1) is 0 Å². The summed E-state index contributed by atoms with van der Waals surface area (Å²) in [5.74, 6) is -1.81. The van der Waals surface area contributed by atoms with E-state index in [0.717, 1.165) is 26.2 Å². The van der Waals surface area contributed by atoms with Crippen LogP contribution >= 0.6 is 0 Å². The number of alkyl halides is 2. The lowest BCUT2D eigenvalue weighted by Gasteiger charge is -2.37. The summed E-state index contributed by atoms with van der Waals surface area (Å²) in [5.41, 5.74) is 0. The number of hydrogen-bond acceptors (Lipinski definition) is 2. The van der Waals surface area contributed by atoms with Crippen LogP contribution in [-0.4, -0.2) is 55.5 Å². The van der Waals surface area contributed by atoms with E-state index in [1.54, 1.807) is 0 Å². The van der Waals surface area contributed by atoms with Gasteiger partial charge in [0.25, 0.3) is 5.92 Å². The Morgan fingerprint density at radius 2 is 1.88 bits per heavy atom. The molecule has 0 N–H and O–H groups in total. The lowest BCUT2D eigenvalue weighted by Crippen LogP contribution is -2.46. The highest BCUT2D eigenvalue weighted by molar-refractivity contribution is 4.81. The predicted octanol–water partition coefficient (Wildman–Crippen LogP) is 2.06. The molecule has 2 aliphatic rings. The summed E-state index contributed by atoms with van der Waals surface area (Å²) in [6.45, 7) is 3.97. The zero-order valence-corrected chi connectivity index (χ0v) is 10.1. The minimum atomic E-state index is -2.44. The number of rotatable bonds is 2. The van der Waals surface area contributed by atoms with Crippen LogP contribution in [0.5, 0.6) is 0 Å². The predicted molar refractivity (Wildman–Crippen MR) is 60.8 cm³/mol. The Labute approximate surface area is 96.6 Å². The molecule has 2 saturated heterocycles. The molecule has 0 aromatic carbocycles. The Kier molecular flexibility index (Phi) is 3.80. The van der Waals surface area contributed by atoms with Crippen LogP contribution in [0.25, 0.3) is 0 Å². The molecular formula is C12H22F2N2. The van der Waals surface area contributed by atoms with Crippen LogP contribution in [0.4, 0.5) is 8.78 Å². The fourth-order valence-corrected chi connectivity index (χ4v) is 2.81. The Morgan fingerprint density at radius 1 is 1.19 bits per heavy atom. The number of piperidine rings is 2. The van der Waals surface area contributed by atoms with E-state index in [1.165, 1.54) is 12.8 Å². The standard InChI is InChI=1S/C12H22F2N2/c1-15-7-3-11(4-8-15)9-16-6-2-5-12(13,14)10-16/h11H,2-10H2,1H3. The van der Waals surface area contributed by atoms with E-state index < -0.39 is 5.92 Å². The van der Waals surface area contributed by atoms with E-state index in [2.05, 4.69) is 11.9 Å². The molecule has 0 spiro atoms. The van der Waals surface area contributed by atoms with Gasteiger partial charge in [0.1, 0.15) is 0 Å². The largest absolute Gasteiger partial charge is 0.306 e. The molecule has 4 heteroatoms. The lowest BCUT2D eigenvalue weighted by atomic mass is 9.95. The van der Waals surface area contributed by atoms with Gasteiger partial charge in [0, 0.05) is 13.0 Å². The van der Waals surface area contributed by atoms with Crippen LogP contribution < -0.4 is 0 Å². The summed E-state index contributed by atoms with van der Waals surface area (Å²) in [6, 6.07) is 0. The Hall–Kier alpha value is -0.220. The van der Waals surface area contributed by atoms with Gasteiger partial charge in [-0.3, -0.25) is 4.90 Å². The molecule has 0 aliphatic carbocycles. The third-order valence-electron chi connectivity index (χ3n) is 3.83. The van der Waals surface area contributed by atoms with Crippen LogP contribution in [0.15, 0.2) is 0 Å². The third-order valence-corrected chi connectivity index (χ3v) is 3.83. The van der Waals surface area contributed by atoms with Gasteiger partial charge >= 0.3 is 0 Å². The molecule has 0 radical (unpaired) electrons. The van der Waals surface area contributed by atoms with Crippen LogP contribution in [0.1, 0.15) is 25.7 Å². The molecule has 2 nitrogen and oxygen atoms in total. The van der Waals surface area contributed by atoms with Crippen molar-refractivity contribution in [3.63, 3.8) is 0 Å². The molecule has 2 heterocycles. The maximum atomic E-state index is 13.2. The van der Waals surface area contributed by atoms with Crippen molar-refractivity contribution in [1.29, 1.82) is 0 Å². The molecule has 0 bridgehead atoms. The molecule has 0 amide bonds. The van der Waals surface area contributed by atoms with Gasteiger partial charge in [-0.1, -0.05) is 0 Å². The van der Waals surface area contributed by atoms with Crippen molar-refractivity contribution in [2.24, 2.45) is 5.92 Å². The van der Waals surface area contributed by atoms with Crippen LogP contribution in [0.3, 0.4) is 0 Å². The van der Waals surface area contributed by atoms with Crippen molar-refractivity contribution in [2.45, 2.75) is 31.6 Å². The first-order chi connectivity index (χ1) is 7.55. The quantitative estimate of drug-likeness (QED) is 0.719. The van der Waals surface area contributed by atoms with Crippen LogP contribution in [0.2, 0.25) is 0 Å². The van der Waals surface area contributed by atoms with Gasteiger partial charge in [0.05, 0.1) is 6.54 Å². The van der Waals surface area contributed by atoms with E-state index in [-0.39, 0.29) is 13.0 Å². The molecule has 2 aliphatic heterocycles. The topological polar surface area (TPSA) is 6.48 Å². The lowest BCUT2D eigenvalue weighted by molar-refractivity contribution is -0.0684. The molecule has 0 atom stereocenters. The number of nitrogens with zero attached hydrogens (tertiary/aromatic N) is 2. The van der Waals surface area contributed by atoms with Crippen molar-refractivity contribution in [2.75, 3.05) is 39.8 Å². The average molecular weight is 232 g/mol. The third kappa shape index (κ3) is 3.39. The average Bonchev–Trinajstić information content (AvgIpc) is 2.20. The highest BCUT2D eigenvalue weighted by Gasteiger charge is 2.35. The van der Waals surface area contributed by atoms with Gasteiger partial charge in [-0.05, 0) is 51.9 Å². The van der Waals surface area contributed by atoms with E-state index in [0.29, 0.717) is 12.3 Å². The van der Waals surface area contributed by atoms with Crippen molar-refractivity contribution in [3.05, 3.63) is 0 Å². The first-order valence-corrected chi connectivity index (χ1v) is 6.34. The minimum absolute atomic E-state index is 0.0145. The second kappa shape index (κ2) is 4.96. The van der Waals surface area contributed by atoms with Gasteiger partial charge in [0.15, 0.2) is 0 Å². The zero-order valence-electron chi connectivity index (χ0n) is 10.1. The first kappa shape index (κ1) is 12.2. The van der Waals surface area contributed by atoms with Crippen LogP contribution in [-0.2, 0) is 0 Å². The van der Waals surface area contributed by atoms with E-state index in [1.807, 2.05) is 4.90 Å². The number of likely N-dealkylation sites (tertiary alicyclic amines) is 2. The van der Waals surface area contributed by atoms with Crippen molar-refractivity contribution >= 4 is 0 Å². The summed E-state index contributed by atoms with van der Waals surface area (Å²) in [6.07, 6.45) is 3.06. The second-order valence-electron chi connectivity index (χ2n) is 5.44. The summed E-state index contributed by atoms with van der Waals surface area (Å²) in [4.78, 5) is 4.29. The van der Waals surface area contributed by atoms with E-state index in [9.17, 15) is 8.78 Å². The molecule has 16 heavy (non-hydrogen) atoms. The molecule has 94 valence electrons. The van der Waals surface area contributed by atoms with Gasteiger partial charge < -0.3 is 4.90 Å².